The van der Waals surface area contributed by atoms with Gasteiger partial charge in [0.05, 0.1) is 0 Å². The van der Waals surface area contributed by atoms with Crippen LogP contribution in [0.4, 0.5) is 0 Å². The van der Waals surface area contributed by atoms with Gasteiger partial charge in [-0.15, -0.1) is 0 Å². The van der Waals surface area contributed by atoms with E-state index >= 15 is 0 Å². The second kappa shape index (κ2) is 5.75. The average molecular weight is 218 g/mol. The van der Waals surface area contributed by atoms with Gasteiger partial charge in [0.1, 0.15) is 12.4 Å². The number of aliphatic carboxylic acids is 1. The summed E-state index contributed by atoms with van der Waals surface area (Å²) in [7, 11) is 0. The zero-order chi connectivity index (χ0) is 12.0. The minimum absolute atomic E-state index is 0.176. The van der Waals surface area contributed by atoms with Crippen molar-refractivity contribution < 1.29 is 14.6 Å². The van der Waals surface area contributed by atoms with Gasteiger partial charge < -0.3 is 9.84 Å². The zero-order valence-corrected chi connectivity index (χ0v) is 9.14. The fourth-order valence-corrected chi connectivity index (χ4v) is 1.06. The number of fused-ring (bicyclic) bond motifs is 1. The van der Waals surface area contributed by atoms with Gasteiger partial charge in [-0.05, 0) is 19.1 Å². The van der Waals surface area contributed by atoms with Crippen LogP contribution in [0.5, 0.6) is 5.75 Å². The van der Waals surface area contributed by atoms with Gasteiger partial charge in [-0.2, -0.15) is 0 Å². The third-order valence-corrected chi connectivity index (χ3v) is 1.92. The Balaban J connectivity index is 0.000000187. The Hall–Kier alpha value is -2.03. The molecule has 3 heteroatoms. The normalized spacial score (nSPS) is 11.6. The second-order valence-electron chi connectivity index (χ2n) is 3.34. The number of rotatable bonds is 1. The summed E-state index contributed by atoms with van der Waals surface area (Å²) in [5.74, 6) is 0.0556. The highest BCUT2D eigenvalue weighted by molar-refractivity contribution is 5.84. The lowest BCUT2D eigenvalue weighted by Crippen LogP contribution is -1.98. The average Bonchev–Trinajstić information content (AvgIpc) is 2.30. The summed E-state index contributed by atoms with van der Waals surface area (Å²) in [5, 5.41) is 7.89. The molecule has 0 aromatic heterocycles. The molecular formula is C13H14O3. The molecule has 0 unspecified atom stereocenters. The molecular weight excluding hydrogens is 204 g/mol. The predicted octanol–water partition coefficient (Wildman–Crippen LogP) is 2.74. The van der Waals surface area contributed by atoms with E-state index in [1.165, 1.54) is 12.5 Å². The van der Waals surface area contributed by atoms with Crippen molar-refractivity contribution in [1.29, 1.82) is 0 Å². The van der Waals surface area contributed by atoms with Gasteiger partial charge in [-0.3, -0.25) is 0 Å². The Labute approximate surface area is 94.7 Å². The lowest BCUT2D eigenvalue weighted by Gasteiger charge is -2.10. The number of para-hydroxylation sites is 1. The molecule has 1 aliphatic rings. The highest BCUT2D eigenvalue weighted by atomic mass is 16.5. The molecule has 0 saturated heterocycles. The molecule has 1 aliphatic heterocycles. The van der Waals surface area contributed by atoms with Crippen LogP contribution in [-0.2, 0) is 4.79 Å². The van der Waals surface area contributed by atoms with Gasteiger partial charge in [0.15, 0.2) is 0 Å². The molecule has 0 bridgehead atoms. The lowest BCUT2D eigenvalue weighted by molar-refractivity contribution is -0.132. The van der Waals surface area contributed by atoms with E-state index in [9.17, 15) is 4.79 Å². The smallest absolute Gasteiger partial charge is 0.330 e. The van der Waals surface area contributed by atoms with E-state index in [1.807, 2.05) is 30.3 Å². The van der Waals surface area contributed by atoms with E-state index < -0.39 is 5.97 Å². The van der Waals surface area contributed by atoms with Crippen molar-refractivity contribution in [3.05, 3.63) is 48.1 Å². The second-order valence-corrected chi connectivity index (χ2v) is 3.34. The van der Waals surface area contributed by atoms with Crippen molar-refractivity contribution in [1.82, 2.24) is 0 Å². The van der Waals surface area contributed by atoms with Crippen LogP contribution in [-0.4, -0.2) is 17.7 Å². The van der Waals surface area contributed by atoms with Crippen LogP contribution in [0.1, 0.15) is 12.5 Å². The quantitative estimate of drug-likeness (QED) is 0.737. The largest absolute Gasteiger partial charge is 0.489 e. The monoisotopic (exact) mass is 218 g/mol. The topological polar surface area (TPSA) is 46.5 Å². The molecule has 0 spiro atoms. The minimum atomic E-state index is -0.935. The molecule has 1 N–H and O–H groups in total. The van der Waals surface area contributed by atoms with Crippen molar-refractivity contribution >= 4 is 12.0 Å². The Morgan fingerprint density at radius 3 is 2.62 bits per heavy atom. The number of carbonyl (C=O) groups is 1. The SMILES string of the molecule is C1=Cc2ccccc2OC1.C=C(C)C(=O)O. The summed E-state index contributed by atoms with van der Waals surface area (Å²) < 4.78 is 5.34. The molecule has 0 fully saturated rings. The molecule has 16 heavy (non-hydrogen) atoms. The van der Waals surface area contributed by atoms with Crippen LogP contribution >= 0.6 is 0 Å². The van der Waals surface area contributed by atoms with E-state index in [1.54, 1.807) is 0 Å². The first kappa shape index (κ1) is 12.0. The van der Waals surface area contributed by atoms with Crippen molar-refractivity contribution in [2.24, 2.45) is 0 Å². The molecule has 1 heterocycles. The lowest BCUT2D eigenvalue weighted by atomic mass is 10.1. The number of hydrogen-bond acceptors (Lipinski definition) is 2. The summed E-state index contributed by atoms with van der Waals surface area (Å²) in [4.78, 5) is 9.60. The molecule has 1 aromatic rings. The third-order valence-electron chi connectivity index (χ3n) is 1.92. The zero-order valence-electron chi connectivity index (χ0n) is 9.14. The van der Waals surface area contributed by atoms with E-state index in [2.05, 4.69) is 12.7 Å². The van der Waals surface area contributed by atoms with Crippen LogP contribution in [0.15, 0.2) is 42.5 Å². The summed E-state index contributed by atoms with van der Waals surface area (Å²) in [6.07, 6.45) is 4.10. The third kappa shape index (κ3) is 3.61. The summed E-state index contributed by atoms with van der Waals surface area (Å²) in [6.45, 7) is 5.31. The van der Waals surface area contributed by atoms with Gasteiger partial charge in [0, 0.05) is 11.1 Å². The van der Waals surface area contributed by atoms with Gasteiger partial charge in [0.2, 0.25) is 0 Å². The summed E-state index contributed by atoms with van der Waals surface area (Å²) >= 11 is 0. The van der Waals surface area contributed by atoms with Gasteiger partial charge in [-0.1, -0.05) is 30.9 Å². The fourth-order valence-electron chi connectivity index (χ4n) is 1.06. The molecule has 0 atom stereocenters. The first-order valence-corrected chi connectivity index (χ1v) is 4.88. The van der Waals surface area contributed by atoms with Gasteiger partial charge in [0.25, 0.3) is 0 Å². The summed E-state index contributed by atoms with van der Waals surface area (Å²) in [6, 6.07) is 8.03. The Morgan fingerprint density at radius 1 is 1.44 bits per heavy atom. The standard InChI is InChI=1S/C9H8O.C4H6O2/c1-2-6-9-8(4-1)5-3-7-10-9;1-3(2)4(5)6/h1-6H,7H2;1H2,2H3,(H,5,6). The van der Waals surface area contributed by atoms with E-state index in [0.717, 1.165) is 5.75 Å². The molecule has 3 nitrogen and oxygen atoms in total. The Bertz CT molecular complexity index is 407. The molecule has 0 aliphatic carbocycles. The van der Waals surface area contributed by atoms with Crippen LogP contribution in [0.3, 0.4) is 0 Å². The highest BCUT2D eigenvalue weighted by Gasteiger charge is 2.01. The van der Waals surface area contributed by atoms with E-state index in [4.69, 9.17) is 9.84 Å². The van der Waals surface area contributed by atoms with Crippen LogP contribution in [0, 0.1) is 0 Å². The maximum Gasteiger partial charge on any atom is 0.330 e. The molecule has 2 rings (SSSR count). The fraction of sp³-hybridized carbons (Fsp3) is 0.154. The maximum absolute atomic E-state index is 9.60. The Morgan fingerprint density at radius 2 is 2.06 bits per heavy atom. The molecule has 0 amide bonds. The number of ether oxygens (including phenoxy) is 1. The van der Waals surface area contributed by atoms with Gasteiger partial charge in [-0.25, -0.2) is 4.79 Å². The molecule has 1 aromatic carbocycles. The number of carboxylic acids is 1. The van der Waals surface area contributed by atoms with Gasteiger partial charge >= 0.3 is 5.97 Å². The predicted molar refractivity (Wildman–Crippen MR) is 63.4 cm³/mol. The van der Waals surface area contributed by atoms with Crippen LogP contribution in [0.2, 0.25) is 0 Å². The molecule has 84 valence electrons. The highest BCUT2D eigenvalue weighted by Crippen LogP contribution is 2.21. The van der Waals surface area contributed by atoms with Crippen LogP contribution in [0.25, 0.3) is 6.08 Å². The van der Waals surface area contributed by atoms with Crippen molar-refractivity contribution in [3.8, 4) is 5.75 Å². The maximum atomic E-state index is 9.60. The molecule has 0 radical (unpaired) electrons. The van der Waals surface area contributed by atoms with Crippen molar-refractivity contribution in [2.75, 3.05) is 6.61 Å². The molecule has 0 saturated carbocycles. The summed E-state index contributed by atoms with van der Waals surface area (Å²) in [5.41, 5.74) is 1.35. The number of hydrogen-bond donors (Lipinski definition) is 1. The van der Waals surface area contributed by atoms with E-state index in [-0.39, 0.29) is 5.57 Å². The number of benzene rings is 1. The first-order valence-electron chi connectivity index (χ1n) is 4.88. The Kier molecular flexibility index (Phi) is 4.33. The minimum Gasteiger partial charge on any atom is -0.489 e. The van der Waals surface area contributed by atoms with Crippen LogP contribution < -0.4 is 4.74 Å². The van der Waals surface area contributed by atoms with Crippen molar-refractivity contribution in [3.63, 3.8) is 0 Å². The number of carboxylic acid groups (broad SMARTS) is 1. The van der Waals surface area contributed by atoms with E-state index in [0.29, 0.717) is 6.61 Å². The van der Waals surface area contributed by atoms with Crippen molar-refractivity contribution in [2.45, 2.75) is 6.92 Å². The first-order chi connectivity index (χ1) is 7.61.